The molecule has 0 unspecified atom stereocenters. The van der Waals surface area contributed by atoms with Crippen LogP contribution in [0.25, 0.3) is 0 Å². The Balaban J connectivity index is 0.00000242. The van der Waals surface area contributed by atoms with E-state index in [0.29, 0.717) is 6.54 Å². The van der Waals surface area contributed by atoms with E-state index in [4.69, 9.17) is 4.74 Å². The lowest BCUT2D eigenvalue weighted by molar-refractivity contribution is 0.414. The first-order valence-corrected chi connectivity index (χ1v) is 6.87. The van der Waals surface area contributed by atoms with Crippen molar-refractivity contribution >= 4 is 29.9 Å². The van der Waals surface area contributed by atoms with Crippen molar-refractivity contribution in [3.63, 3.8) is 0 Å². The normalized spacial score (nSPS) is 10.7. The van der Waals surface area contributed by atoms with Gasteiger partial charge in [0.05, 0.1) is 19.3 Å². The first-order valence-electron chi connectivity index (χ1n) is 6.87. The molecule has 0 atom stereocenters. The Hall–Kier alpha value is -1.77. The lowest BCUT2D eigenvalue weighted by atomic mass is 10.1. The highest BCUT2D eigenvalue weighted by atomic mass is 127. The summed E-state index contributed by atoms with van der Waals surface area (Å²) >= 11 is 0. The van der Waals surface area contributed by atoms with Crippen molar-refractivity contribution < 1.29 is 4.74 Å². The Kier molecular flexibility index (Phi) is 8.34. The lowest BCUT2D eigenvalue weighted by Gasteiger charge is -2.11. The number of halogens is 1. The average Bonchev–Trinajstić information content (AvgIpc) is 3.04. The van der Waals surface area contributed by atoms with Crippen LogP contribution in [0.15, 0.2) is 41.5 Å². The molecule has 0 aliphatic carbocycles. The van der Waals surface area contributed by atoms with Crippen molar-refractivity contribution in [1.82, 2.24) is 20.8 Å². The number of aliphatic imine (C=N–C) groups is 1. The molecule has 6 nitrogen and oxygen atoms in total. The number of methoxy groups -OCH3 is 1. The zero-order chi connectivity index (χ0) is 14.9. The topological polar surface area (TPSA) is 74.3 Å². The Morgan fingerprint density at radius 1 is 1.23 bits per heavy atom. The van der Waals surface area contributed by atoms with Crippen LogP contribution in [0.4, 0.5) is 0 Å². The third-order valence-corrected chi connectivity index (χ3v) is 3.09. The highest BCUT2D eigenvalue weighted by Gasteiger charge is 1.99. The van der Waals surface area contributed by atoms with Crippen molar-refractivity contribution in [2.45, 2.75) is 13.0 Å². The number of aromatic nitrogens is 2. The smallest absolute Gasteiger partial charge is 0.191 e. The molecular weight excluding hydrogens is 393 g/mol. The molecule has 7 heteroatoms. The van der Waals surface area contributed by atoms with E-state index in [1.54, 1.807) is 20.4 Å². The molecule has 0 radical (unpaired) electrons. The molecule has 2 aromatic rings. The van der Waals surface area contributed by atoms with E-state index >= 15 is 0 Å². The quantitative estimate of drug-likeness (QED) is 0.383. The van der Waals surface area contributed by atoms with Gasteiger partial charge in [-0.05, 0) is 30.2 Å². The molecule has 120 valence electrons. The van der Waals surface area contributed by atoms with Gasteiger partial charge in [-0.3, -0.25) is 10.1 Å². The van der Waals surface area contributed by atoms with Crippen molar-refractivity contribution in [2.75, 3.05) is 20.7 Å². The molecule has 2 rings (SSSR count). The first kappa shape index (κ1) is 18.3. The fraction of sp³-hybridized carbons (Fsp3) is 0.333. The van der Waals surface area contributed by atoms with E-state index in [1.165, 1.54) is 5.56 Å². The number of ether oxygens (including phenoxy) is 1. The minimum Gasteiger partial charge on any atom is -0.497 e. The van der Waals surface area contributed by atoms with Gasteiger partial charge >= 0.3 is 0 Å². The number of benzene rings is 1. The van der Waals surface area contributed by atoms with Crippen LogP contribution in [-0.4, -0.2) is 36.9 Å². The number of H-pyrrole nitrogens is 1. The van der Waals surface area contributed by atoms with Crippen molar-refractivity contribution in [3.8, 4) is 5.75 Å². The second-order valence-electron chi connectivity index (χ2n) is 4.53. The Bertz CT molecular complexity index is 554. The number of rotatable bonds is 6. The number of nitrogens with zero attached hydrogens (tertiary/aromatic N) is 2. The van der Waals surface area contributed by atoms with E-state index in [0.717, 1.165) is 30.4 Å². The van der Waals surface area contributed by atoms with Gasteiger partial charge < -0.3 is 15.4 Å². The van der Waals surface area contributed by atoms with Gasteiger partial charge in [0.15, 0.2) is 5.96 Å². The van der Waals surface area contributed by atoms with Gasteiger partial charge in [-0.1, -0.05) is 12.1 Å². The zero-order valence-corrected chi connectivity index (χ0v) is 15.1. The summed E-state index contributed by atoms with van der Waals surface area (Å²) in [5, 5.41) is 13.3. The van der Waals surface area contributed by atoms with Gasteiger partial charge in [0, 0.05) is 19.8 Å². The van der Waals surface area contributed by atoms with E-state index < -0.39 is 0 Å². The second kappa shape index (κ2) is 10.0. The van der Waals surface area contributed by atoms with Gasteiger partial charge in [0.2, 0.25) is 0 Å². The monoisotopic (exact) mass is 415 g/mol. The van der Waals surface area contributed by atoms with Crippen molar-refractivity contribution in [1.29, 1.82) is 0 Å². The SMILES string of the molecule is CN=C(NCCc1ccc(OC)cc1)NCc1ccn[nH]1.I. The third kappa shape index (κ3) is 5.92. The molecule has 3 N–H and O–H groups in total. The van der Waals surface area contributed by atoms with Crippen LogP contribution in [0.3, 0.4) is 0 Å². The maximum atomic E-state index is 5.14. The number of aromatic amines is 1. The molecule has 0 fully saturated rings. The predicted octanol–water partition coefficient (Wildman–Crippen LogP) is 1.94. The lowest BCUT2D eigenvalue weighted by Crippen LogP contribution is -2.37. The van der Waals surface area contributed by atoms with Crippen LogP contribution in [-0.2, 0) is 13.0 Å². The zero-order valence-electron chi connectivity index (χ0n) is 12.8. The van der Waals surface area contributed by atoms with Gasteiger partial charge in [0.1, 0.15) is 5.75 Å². The Morgan fingerprint density at radius 2 is 2.00 bits per heavy atom. The summed E-state index contributed by atoms with van der Waals surface area (Å²) in [6, 6.07) is 10.0. The molecule has 1 aromatic carbocycles. The van der Waals surface area contributed by atoms with Crippen LogP contribution in [0, 0.1) is 0 Å². The van der Waals surface area contributed by atoms with Crippen LogP contribution >= 0.6 is 24.0 Å². The Labute approximate surface area is 147 Å². The highest BCUT2D eigenvalue weighted by molar-refractivity contribution is 14.0. The van der Waals surface area contributed by atoms with Crippen molar-refractivity contribution in [2.24, 2.45) is 4.99 Å². The number of nitrogens with one attached hydrogen (secondary N) is 3. The van der Waals surface area contributed by atoms with Gasteiger partial charge in [-0.2, -0.15) is 5.10 Å². The number of hydrogen-bond acceptors (Lipinski definition) is 3. The summed E-state index contributed by atoms with van der Waals surface area (Å²) in [5.41, 5.74) is 2.28. The molecule has 22 heavy (non-hydrogen) atoms. The minimum atomic E-state index is 0. The van der Waals surface area contributed by atoms with Crippen LogP contribution in [0.1, 0.15) is 11.3 Å². The molecule has 0 aliphatic rings. The molecule has 0 bridgehead atoms. The molecule has 0 spiro atoms. The largest absolute Gasteiger partial charge is 0.497 e. The van der Waals surface area contributed by atoms with E-state index in [9.17, 15) is 0 Å². The standard InChI is InChI=1S/C15H21N5O.HI/c1-16-15(18-11-13-8-10-19-20-13)17-9-7-12-3-5-14(21-2)6-4-12;/h3-6,8,10H,7,9,11H2,1-2H3,(H,19,20)(H2,16,17,18);1H. The van der Waals surface area contributed by atoms with Crippen LogP contribution < -0.4 is 15.4 Å². The van der Waals surface area contributed by atoms with E-state index in [1.807, 2.05) is 18.2 Å². The third-order valence-electron chi connectivity index (χ3n) is 3.09. The van der Waals surface area contributed by atoms with Crippen LogP contribution in [0.5, 0.6) is 5.75 Å². The second-order valence-corrected chi connectivity index (χ2v) is 4.53. The number of hydrogen-bond donors (Lipinski definition) is 3. The van der Waals surface area contributed by atoms with Gasteiger partial charge in [-0.15, -0.1) is 24.0 Å². The number of guanidine groups is 1. The summed E-state index contributed by atoms with van der Waals surface area (Å²) in [4.78, 5) is 4.19. The summed E-state index contributed by atoms with van der Waals surface area (Å²) in [5.74, 6) is 1.65. The maximum Gasteiger partial charge on any atom is 0.191 e. The van der Waals surface area contributed by atoms with Gasteiger partial charge in [-0.25, -0.2) is 0 Å². The van der Waals surface area contributed by atoms with Crippen LogP contribution in [0.2, 0.25) is 0 Å². The Morgan fingerprint density at radius 3 is 2.59 bits per heavy atom. The average molecular weight is 415 g/mol. The molecule has 0 saturated carbocycles. The maximum absolute atomic E-state index is 5.14. The summed E-state index contributed by atoms with van der Waals surface area (Å²) < 4.78 is 5.14. The van der Waals surface area contributed by atoms with E-state index in [-0.39, 0.29) is 24.0 Å². The summed E-state index contributed by atoms with van der Waals surface area (Å²) in [6.07, 6.45) is 2.66. The van der Waals surface area contributed by atoms with Gasteiger partial charge in [0.25, 0.3) is 0 Å². The highest BCUT2D eigenvalue weighted by Crippen LogP contribution is 2.11. The molecule has 0 saturated heterocycles. The summed E-state index contributed by atoms with van der Waals surface area (Å²) in [6.45, 7) is 1.48. The molecule has 0 amide bonds. The summed E-state index contributed by atoms with van der Waals surface area (Å²) in [7, 11) is 3.43. The fourth-order valence-electron chi connectivity index (χ4n) is 1.90. The first-order chi connectivity index (χ1) is 10.3. The fourth-order valence-corrected chi connectivity index (χ4v) is 1.90. The molecule has 0 aliphatic heterocycles. The molecule has 1 aromatic heterocycles. The molecule has 1 heterocycles. The molecular formula is C15H22IN5O. The predicted molar refractivity (Wildman–Crippen MR) is 98.9 cm³/mol. The minimum absolute atomic E-state index is 0. The van der Waals surface area contributed by atoms with E-state index in [2.05, 4.69) is 38.0 Å². The van der Waals surface area contributed by atoms with Crippen molar-refractivity contribution in [3.05, 3.63) is 47.8 Å².